The van der Waals surface area contributed by atoms with Crippen LogP contribution >= 0.6 is 27.5 Å². The predicted octanol–water partition coefficient (Wildman–Crippen LogP) is 4.70. The summed E-state index contributed by atoms with van der Waals surface area (Å²) in [7, 11) is 0. The van der Waals surface area contributed by atoms with Crippen molar-refractivity contribution in [2.75, 3.05) is 6.54 Å². The van der Waals surface area contributed by atoms with Gasteiger partial charge in [0.25, 0.3) is 0 Å². The number of hydrogen-bond donors (Lipinski definition) is 1. The first-order valence-electron chi connectivity index (χ1n) is 7.52. The summed E-state index contributed by atoms with van der Waals surface area (Å²) in [6.45, 7) is 0.544. The van der Waals surface area contributed by atoms with Crippen molar-refractivity contribution < 1.29 is 9.18 Å². The van der Waals surface area contributed by atoms with Crippen molar-refractivity contribution in [1.82, 2.24) is 5.32 Å². The monoisotopic (exact) mass is 395 g/mol. The molecule has 0 heterocycles. The van der Waals surface area contributed by atoms with Gasteiger partial charge in [-0.3, -0.25) is 4.79 Å². The molecule has 120 valence electrons. The van der Waals surface area contributed by atoms with Gasteiger partial charge in [0.1, 0.15) is 5.82 Å². The molecule has 2 aromatic carbocycles. The Bertz CT molecular complexity index is 737. The average molecular weight is 397 g/mol. The maximum atomic E-state index is 13.2. The van der Waals surface area contributed by atoms with Gasteiger partial charge in [0.05, 0.1) is 4.47 Å². The highest BCUT2D eigenvalue weighted by molar-refractivity contribution is 9.10. The van der Waals surface area contributed by atoms with E-state index in [1.807, 2.05) is 24.3 Å². The number of benzene rings is 2. The van der Waals surface area contributed by atoms with E-state index in [0.717, 1.165) is 22.6 Å². The van der Waals surface area contributed by atoms with Gasteiger partial charge in [-0.15, -0.1) is 0 Å². The van der Waals surface area contributed by atoms with E-state index in [0.29, 0.717) is 17.4 Å². The van der Waals surface area contributed by atoms with Crippen LogP contribution in [-0.4, -0.2) is 12.5 Å². The van der Waals surface area contributed by atoms with Crippen LogP contribution in [0.2, 0.25) is 5.02 Å². The number of halogens is 3. The van der Waals surface area contributed by atoms with Gasteiger partial charge in [-0.2, -0.15) is 0 Å². The average Bonchev–Trinajstić information content (AvgIpc) is 3.32. The van der Waals surface area contributed by atoms with E-state index < -0.39 is 0 Å². The van der Waals surface area contributed by atoms with Crippen LogP contribution in [0, 0.1) is 11.7 Å². The Labute approximate surface area is 148 Å². The number of carbonyl (C=O) groups excluding carboxylic acids is 1. The highest BCUT2D eigenvalue weighted by Gasteiger charge is 2.44. The van der Waals surface area contributed by atoms with Gasteiger partial charge in [-0.25, -0.2) is 4.39 Å². The molecule has 0 spiro atoms. The molecule has 1 fully saturated rings. The lowest BCUT2D eigenvalue weighted by atomic mass is 10.1. The second-order valence-corrected chi connectivity index (χ2v) is 7.02. The number of rotatable bonds is 5. The largest absolute Gasteiger partial charge is 0.356 e. The topological polar surface area (TPSA) is 29.1 Å². The van der Waals surface area contributed by atoms with E-state index in [2.05, 4.69) is 21.2 Å². The molecule has 1 amide bonds. The summed E-state index contributed by atoms with van der Waals surface area (Å²) in [4.78, 5) is 12.2. The Hall–Kier alpha value is -1.39. The molecular weight excluding hydrogens is 381 g/mol. The van der Waals surface area contributed by atoms with Gasteiger partial charge in [0.2, 0.25) is 5.91 Å². The lowest BCUT2D eigenvalue weighted by molar-refractivity contribution is -0.122. The summed E-state index contributed by atoms with van der Waals surface area (Å²) in [6, 6.07) is 12.6. The van der Waals surface area contributed by atoms with E-state index >= 15 is 0 Å². The van der Waals surface area contributed by atoms with E-state index in [-0.39, 0.29) is 23.6 Å². The van der Waals surface area contributed by atoms with Crippen LogP contribution in [0.15, 0.2) is 46.9 Å². The molecule has 1 N–H and O–H groups in total. The lowest BCUT2D eigenvalue weighted by Crippen LogP contribution is -2.27. The minimum atomic E-state index is -0.279. The maximum absolute atomic E-state index is 13.2. The van der Waals surface area contributed by atoms with Crippen LogP contribution in [0.5, 0.6) is 0 Å². The lowest BCUT2D eigenvalue weighted by Gasteiger charge is -2.07. The van der Waals surface area contributed by atoms with Crippen molar-refractivity contribution in [3.63, 3.8) is 0 Å². The Balaban J connectivity index is 1.49. The molecule has 0 aromatic heterocycles. The first-order chi connectivity index (χ1) is 11.1. The van der Waals surface area contributed by atoms with Crippen LogP contribution in [-0.2, 0) is 11.2 Å². The van der Waals surface area contributed by atoms with Crippen LogP contribution in [0.25, 0.3) is 0 Å². The van der Waals surface area contributed by atoms with E-state index in [4.69, 9.17) is 11.6 Å². The molecule has 2 nitrogen and oxygen atoms in total. The van der Waals surface area contributed by atoms with E-state index in [9.17, 15) is 9.18 Å². The smallest absolute Gasteiger partial charge is 0.223 e. The Morgan fingerprint density at radius 3 is 2.83 bits per heavy atom. The second kappa shape index (κ2) is 7.02. The molecule has 1 aliphatic rings. The summed E-state index contributed by atoms with van der Waals surface area (Å²) >= 11 is 9.34. The molecule has 1 saturated carbocycles. The molecule has 0 radical (unpaired) electrons. The Kier molecular flexibility index (Phi) is 5.02. The van der Waals surface area contributed by atoms with Crippen LogP contribution < -0.4 is 5.32 Å². The standard InChI is InChI=1S/C18H16BrClFNO/c19-15-9-11(5-6-17(15)21)7-8-22-18(23)14-10-13(14)12-3-1-2-4-16(12)20/h1-6,9,13-14H,7-8,10H2,(H,22,23). The van der Waals surface area contributed by atoms with Gasteiger partial charge in [-0.05, 0) is 64.0 Å². The third kappa shape index (κ3) is 3.93. The summed E-state index contributed by atoms with van der Waals surface area (Å²) in [6.07, 6.45) is 1.52. The third-order valence-electron chi connectivity index (χ3n) is 4.13. The Morgan fingerprint density at radius 1 is 1.30 bits per heavy atom. The second-order valence-electron chi connectivity index (χ2n) is 5.76. The third-order valence-corrected chi connectivity index (χ3v) is 5.08. The normalized spacial score (nSPS) is 19.4. The molecule has 3 rings (SSSR count). The van der Waals surface area contributed by atoms with Gasteiger partial charge in [0.15, 0.2) is 0 Å². The number of hydrogen-bond acceptors (Lipinski definition) is 1. The molecule has 0 aliphatic heterocycles. The Morgan fingerprint density at radius 2 is 2.09 bits per heavy atom. The zero-order valence-electron chi connectivity index (χ0n) is 12.4. The molecule has 0 bridgehead atoms. The van der Waals surface area contributed by atoms with E-state index in [1.54, 1.807) is 12.1 Å². The zero-order valence-corrected chi connectivity index (χ0v) is 14.7. The van der Waals surface area contributed by atoms with Crippen LogP contribution in [0.4, 0.5) is 4.39 Å². The van der Waals surface area contributed by atoms with Gasteiger partial charge in [0, 0.05) is 17.5 Å². The quantitative estimate of drug-likeness (QED) is 0.779. The first kappa shape index (κ1) is 16.5. The summed E-state index contributed by atoms with van der Waals surface area (Å²) in [5.74, 6) is 0.0213. The SMILES string of the molecule is O=C(NCCc1ccc(F)c(Br)c1)C1CC1c1ccccc1Cl. The fraction of sp³-hybridized carbons (Fsp3) is 0.278. The van der Waals surface area contributed by atoms with Crippen molar-refractivity contribution in [2.24, 2.45) is 5.92 Å². The summed E-state index contributed by atoms with van der Waals surface area (Å²) < 4.78 is 13.6. The molecular formula is C18H16BrClFNO. The van der Waals surface area contributed by atoms with E-state index in [1.165, 1.54) is 6.07 Å². The predicted molar refractivity (Wildman–Crippen MR) is 93.1 cm³/mol. The van der Waals surface area contributed by atoms with Gasteiger partial charge < -0.3 is 5.32 Å². The van der Waals surface area contributed by atoms with Crippen LogP contribution in [0.1, 0.15) is 23.5 Å². The molecule has 2 atom stereocenters. The minimum Gasteiger partial charge on any atom is -0.356 e. The molecule has 1 aliphatic carbocycles. The highest BCUT2D eigenvalue weighted by Crippen LogP contribution is 2.49. The fourth-order valence-corrected chi connectivity index (χ4v) is 3.46. The molecule has 23 heavy (non-hydrogen) atoms. The maximum Gasteiger partial charge on any atom is 0.223 e. The summed E-state index contributed by atoms with van der Waals surface area (Å²) in [5.41, 5.74) is 2.04. The van der Waals surface area contributed by atoms with Crippen LogP contribution in [0.3, 0.4) is 0 Å². The summed E-state index contributed by atoms with van der Waals surface area (Å²) in [5, 5.41) is 3.68. The van der Waals surface area contributed by atoms with Crippen molar-refractivity contribution in [3.8, 4) is 0 Å². The molecule has 2 unspecified atom stereocenters. The minimum absolute atomic E-state index is 0.00912. The van der Waals surface area contributed by atoms with Crippen molar-refractivity contribution in [1.29, 1.82) is 0 Å². The first-order valence-corrected chi connectivity index (χ1v) is 8.69. The van der Waals surface area contributed by atoms with Gasteiger partial charge >= 0.3 is 0 Å². The number of amides is 1. The van der Waals surface area contributed by atoms with Gasteiger partial charge in [-0.1, -0.05) is 35.9 Å². The molecule has 2 aromatic rings. The zero-order chi connectivity index (χ0) is 16.4. The van der Waals surface area contributed by atoms with Crippen molar-refractivity contribution in [3.05, 3.63) is 68.9 Å². The molecule has 5 heteroatoms. The number of nitrogens with one attached hydrogen (secondary N) is 1. The fourth-order valence-electron chi connectivity index (χ4n) is 2.76. The number of carbonyl (C=O) groups is 1. The molecule has 0 saturated heterocycles. The highest BCUT2D eigenvalue weighted by atomic mass is 79.9. The van der Waals surface area contributed by atoms with Crippen molar-refractivity contribution >= 4 is 33.4 Å². The van der Waals surface area contributed by atoms with Crippen molar-refractivity contribution in [2.45, 2.75) is 18.8 Å².